The van der Waals surface area contributed by atoms with Crippen molar-refractivity contribution >= 4 is 11.7 Å². The van der Waals surface area contributed by atoms with Crippen LogP contribution in [0.25, 0.3) is 0 Å². The number of aromatic nitrogens is 1. The van der Waals surface area contributed by atoms with Gasteiger partial charge in [0.2, 0.25) is 5.56 Å². The summed E-state index contributed by atoms with van der Waals surface area (Å²) in [6, 6.07) is 7.51. The molecule has 1 aromatic carbocycles. The van der Waals surface area contributed by atoms with Gasteiger partial charge in [-0.15, -0.1) is 0 Å². The third kappa shape index (κ3) is 5.12. The van der Waals surface area contributed by atoms with Crippen molar-refractivity contribution in [2.45, 2.75) is 25.4 Å². The van der Waals surface area contributed by atoms with Gasteiger partial charge in [-0.25, -0.2) is 4.79 Å². The number of benzene rings is 1. The summed E-state index contributed by atoms with van der Waals surface area (Å²) in [5, 5.41) is 2.54. The second kappa shape index (κ2) is 7.85. The third-order valence-corrected chi connectivity index (χ3v) is 4.72. The van der Waals surface area contributed by atoms with Crippen molar-refractivity contribution in [2.75, 3.05) is 18.4 Å². The molecule has 2 aromatic rings. The van der Waals surface area contributed by atoms with Gasteiger partial charge in [-0.3, -0.25) is 4.79 Å². The smallest absolute Gasteiger partial charge is 0.329 e. The number of pyridine rings is 1. The standard InChI is InChI=1S/C19H20F3N3O2/c20-19(21,22)15-2-1-3-16(11-15)24-18(27)25-8-6-13(7-9-25)10-14-4-5-17(26)23-12-14/h1-5,11-13H,6-10H2,(H,23,26)(H,24,27). The highest BCUT2D eigenvalue weighted by Crippen LogP contribution is 2.31. The van der Waals surface area contributed by atoms with Crippen molar-refractivity contribution in [3.05, 3.63) is 64.1 Å². The van der Waals surface area contributed by atoms with Crippen LogP contribution in [0.3, 0.4) is 0 Å². The first kappa shape index (κ1) is 19.0. The van der Waals surface area contributed by atoms with E-state index in [1.807, 2.05) is 0 Å². The molecule has 1 aliphatic rings. The number of piperidine rings is 1. The highest BCUT2D eigenvalue weighted by atomic mass is 19.4. The fraction of sp³-hybridized carbons (Fsp3) is 0.368. The predicted molar refractivity (Wildman–Crippen MR) is 95.5 cm³/mol. The van der Waals surface area contributed by atoms with E-state index in [2.05, 4.69) is 10.3 Å². The minimum Gasteiger partial charge on any atom is -0.329 e. The molecule has 1 aliphatic heterocycles. The number of halogens is 3. The Labute approximate surface area is 154 Å². The Bertz CT molecular complexity index is 835. The van der Waals surface area contributed by atoms with Crippen LogP contribution in [0.5, 0.6) is 0 Å². The molecule has 1 aromatic heterocycles. The van der Waals surface area contributed by atoms with Crippen molar-refractivity contribution in [1.29, 1.82) is 0 Å². The Morgan fingerprint density at radius 1 is 1.19 bits per heavy atom. The summed E-state index contributed by atoms with van der Waals surface area (Å²) >= 11 is 0. The van der Waals surface area contributed by atoms with Crippen LogP contribution in [0.15, 0.2) is 47.4 Å². The number of anilines is 1. The number of amides is 2. The zero-order valence-corrected chi connectivity index (χ0v) is 14.6. The summed E-state index contributed by atoms with van der Waals surface area (Å²) in [5.74, 6) is 0.397. The number of aromatic amines is 1. The van der Waals surface area contributed by atoms with Gasteiger partial charge in [0.05, 0.1) is 5.56 Å². The second-order valence-corrected chi connectivity index (χ2v) is 6.70. The van der Waals surface area contributed by atoms with Crippen molar-refractivity contribution in [1.82, 2.24) is 9.88 Å². The fourth-order valence-corrected chi connectivity index (χ4v) is 3.22. The van der Waals surface area contributed by atoms with E-state index in [9.17, 15) is 22.8 Å². The lowest BCUT2D eigenvalue weighted by Gasteiger charge is -2.32. The van der Waals surface area contributed by atoms with Crippen LogP contribution in [0, 0.1) is 5.92 Å². The van der Waals surface area contributed by atoms with Crippen molar-refractivity contribution in [3.8, 4) is 0 Å². The summed E-state index contributed by atoms with van der Waals surface area (Å²) in [6.45, 7) is 1.08. The minimum absolute atomic E-state index is 0.130. The lowest BCUT2D eigenvalue weighted by Crippen LogP contribution is -2.41. The molecule has 27 heavy (non-hydrogen) atoms. The van der Waals surface area contributed by atoms with E-state index in [0.717, 1.165) is 37.0 Å². The molecule has 0 radical (unpaired) electrons. The minimum atomic E-state index is -4.44. The summed E-state index contributed by atoms with van der Waals surface area (Å²) < 4.78 is 38.3. The lowest BCUT2D eigenvalue weighted by atomic mass is 9.91. The maximum absolute atomic E-state index is 12.8. The molecule has 0 saturated carbocycles. The van der Waals surface area contributed by atoms with Crippen LogP contribution in [0.4, 0.5) is 23.7 Å². The van der Waals surface area contributed by atoms with Crippen LogP contribution in [0.2, 0.25) is 0 Å². The first-order valence-electron chi connectivity index (χ1n) is 8.72. The number of hydrogen-bond donors (Lipinski definition) is 2. The summed E-state index contributed by atoms with van der Waals surface area (Å²) in [7, 11) is 0. The van der Waals surface area contributed by atoms with Crippen LogP contribution < -0.4 is 10.9 Å². The fourth-order valence-electron chi connectivity index (χ4n) is 3.22. The topological polar surface area (TPSA) is 65.2 Å². The molecule has 0 bridgehead atoms. The molecule has 1 saturated heterocycles. The van der Waals surface area contributed by atoms with E-state index in [1.54, 1.807) is 17.2 Å². The highest BCUT2D eigenvalue weighted by Gasteiger charge is 2.30. The largest absolute Gasteiger partial charge is 0.416 e. The Morgan fingerprint density at radius 2 is 1.93 bits per heavy atom. The van der Waals surface area contributed by atoms with Gasteiger partial charge in [0.25, 0.3) is 0 Å². The number of carbonyl (C=O) groups is 1. The number of alkyl halides is 3. The van der Waals surface area contributed by atoms with Gasteiger partial charge in [0.15, 0.2) is 0 Å². The molecule has 3 rings (SSSR count). The number of carbonyl (C=O) groups excluding carboxylic acids is 1. The number of rotatable bonds is 3. The van der Waals surface area contributed by atoms with Gasteiger partial charge >= 0.3 is 12.2 Å². The zero-order chi connectivity index (χ0) is 19.4. The van der Waals surface area contributed by atoms with Gasteiger partial charge in [0.1, 0.15) is 0 Å². The average Bonchev–Trinajstić information content (AvgIpc) is 2.64. The molecule has 8 heteroatoms. The predicted octanol–water partition coefficient (Wildman–Crippen LogP) is 3.88. The molecule has 2 N–H and O–H groups in total. The van der Waals surface area contributed by atoms with E-state index in [1.165, 1.54) is 18.2 Å². The van der Waals surface area contributed by atoms with E-state index in [0.29, 0.717) is 19.0 Å². The van der Waals surface area contributed by atoms with Gasteiger partial charge in [0, 0.05) is 31.0 Å². The normalized spacial score (nSPS) is 15.6. The molecule has 0 spiro atoms. The lowest BCUT2D eigenvalue weighted by molar-refractivity contribution is -0.137. The summed E-state index contributed by atoms with van der Waals surface area (Å²) in [4.78, 5) is 27.7. The molecular formula is C19H20F3N3O2. The Hall–Kier alpha value is -2.77. The van der Waals surface area contributed by atoms with E-state index in [-0.39, 0.29) is 11.2 Å². The molecule has 2 heterocycles. The van der Waals surface area contributed by atoms with Gasteiger partial charge < -0.3 is 15.2 Å². The van der Waals surface area contributed by atoms with E-state index < -0.39 is 17.8 Å². The van der Waals surface area contributed by atoms with Crippen molar-refractivity contribution in [3.63, 3.8) is 0 Å². The Kier molecular flexibility index (Phi) is 5.53. The van der Waals surface area contributed by atoms with Crippen LogP contribution >= 0.6 is 0 Å². The number of urea groups is 1. The number of nitrogens with one attached hydrogen (secondary N) is 2. The molecule has 5 nitrogen and oxygen atoms in total. The maximum Gasteiger partial charge on any atom is 0.416 e. The Balaban J connectivity index is 1.53. The zero-order valence-electron chi connectivity index (χ0n) is 14.6. The summed E-state index contributed by atoms with van der Waals surface area (Å²) in [5.41, 5.74) is 0.242. The number of hydrogen-bond acceptors (Lipinski definition) is 2. The SMILES string of the molecule is O=C(Nc1cccc(C(F)(F)F)c1)N1CCC(Cc2ccc(=O)[nH]c2)CC1. The first-order chi connectivity index (χ1) is 12.8. The first-order valence-corrected chi connectivity index (χ1v) is 8.72. The maximum atomic E-state index is 12.8. The number of nitrogens with zero attached hydrogens (tertiary/aromatic N) is 1. The summed E-state index contributed by atoms with van der Waals surface area (Å²) in [6.07, 6.45) is -0.319. The van der Waals surface area contributed by atoms with Crippen molar-refractivity contribution < 1.29 is 18.0 Å². The Morgan fingerprint density at radius 3 is 2.56 bits per heavy atom. The van der Waals surface area contributed by atoms with E-state index >= 15 is 0 Å². The van der Waals surface area contributed by atoms with Gasteiger partial charge in [-0.2, -0.15) is 13.2 Å². The highest BCUT2D eigenvalue weighted by molar-refractivity contribution is 5.89. The average molecular weight is 379 g/mol. The quantitative estimate of drug-likeness (QED) is 0.850. The third-order valence-electron chi connectivity index (χ3n) is 4.72. The molecule has 2 amide bonds. The second-order valence-electron chi connectivity index (χ2n) is 6.70. The van der Waals surface area contributed by atoms with Crippen LogP contribution in [0.1, 0.15) is 24.0 Å². The van der Waals surface area contributed by atoms with Crippen LogP contribution in [-0.2, 0) is 12.6 Å². The monoisotopic (exact) mass is 379 g/mol. The van der Waals surface area contributed by atoms with E-state index in [4.69, 9.17) is 0 Å². The molecule has 0 aliphatic carbocycles. The number of H-pyrrole nitrogens is 1. The van der Waals surface area contributed by atoms with Gasteiger partial charge in [-0.05, 0) is 48.9 Å². The molecule has 144 valence electrons. The molecule has 0 atom stereocenters. The van der Waals surface area contributed by atoms with Gasteiger partial charge in [-0.1, -0.05) is 12.1 Å². The van der Waals surface area contributed by atoms with Crippen molar-refractivity contribution in [2.24, 2.45) is 5.92 Å². The molecular weight excluding hydrogens is 359 g/mol. The number of likely N-dealkylation sites (tertiary alicyclic amines) is 1. The van der Waals surface area contributed by atoms with Crippen LogP contribution in [-0.4, -0.2) is 29.0 Å². The molecule has 0 unspecified atom stereocenters. The molecule has 1 fully saturated rings.